The van der Waals surface area contributed by atoms with Gasteiger partial charge in [-0.1, -0.05) is 12.8 Å². The first-order valence-electron chi connectivity index (χ1n) is 12.2. The lowest BCUT2D eigenvalue weighted by Gasteiger charge is -2.28. The summed E-state index contributed by atoms with van der Waals surface area (Å²) in [5.74, 6) is 4.59. The molecule has 0 aliphatic heterocycles. The SMILES string of the molecule is CC(NC(=O)c1ccc(C(=O)NC(C)C2CC3CCC2C3)cc1)C1CC2CCC1C2. The molecule has 8 atom stereocenters. The molecule has 0 radical (unpaired) electrons. The molecule has 2 amide bonds. The van der Waals surface area contributed by atoms with E-state index in [9.17, 15) is 9.59 Å². The third kappa shape index (κ3) is 3.78. The van der Waals surface area contributed by atoms with Gasteiger partial charge in [-0.3, -0.25) is 9.59 Å². The molecule has 4 aliphatic rings. The van der Waals surface area contributed by atoms with Crippen molar-refractivity contribution in [2.75, 3.05) is 0 Å². The van der Waals surface area contributed by atoms with Gasteiger partial charge >= 0.3 is 0 Å². The van der Waals surface area contributed by atoms with E-state index in [1.807, 2.05) is 0 Å². The fourth-order valence-corrected chi connectivity index (χ4v) is 7.38. The van der Waals surface area contributed by atoms with E-state index in [2.05, 4.69) is 24.5 Å². The van der Waals surface area contributed by atoms with Crippen LogP contribution in [0.5, 0.6) is 0 Å². The number of hydrogen-bond acceptors (Lipinski definition) is 2. The van der Waals surface area contributed by atoms with Crippen LogP contribution >= 0.6 is 0 Å². The van der Waals surface area contributed by atoms with Gasteiger partial charge in [0, 0.05) is 23.2 Å². The fourth-order valence-electron chi connectivity index (χ4n) is 7.38. The molecule has 4 fully saturated rings. The topological polar surface area (TPSA) is 58.2 Å². The normalized spacial score (nSPS) is 35.9. The summed E-state index contributed by atoms with van der Waals surface area (Å²) in [7, 11) is 0. The van der Waals surface area contributed by atoms with Crippen molar-refractivity contribution in [1.29, 1.82) is 0 Å². The maximum Gasteiger partial charge on any atom is 0.251 e. The molecular weight excluding hydrogens is 372 g/mol. The Kier molecular flexibility index (Phi) is 5.37. The molecule has 0 saturated heterocycles. The van der Waals surface area contributed by atoms with Crippen molar-refractivity contribution in [3.05, 3.63) is 35.4 Å². The Bertz CT molecular complexity index is 737. The highest BCUT2D eigenvalue weighted by atomic mass is 16.2. The molecule has 5 rings (SSSR count). The van der Waals surface area contributed by atoms with Crippen molar-refractivity contribution in [1.82, 2.24) is 10.6 Å². The highest BCUT2D eigenvalue weighted by Crippen LogP contribution is 2.50. The Balaban J connectivity index is 1.15. The number of nitrogens with one attached hydrogen (secondary N) is 2. The summed E-state index contributed by atoms with van der Waals surface area (Å²) < 4.78 is 0. The molecule has 0 heterocycles. The van der Waals surface area contributed by atoms with E-state index in [-0.39, 0.29) is 23.9 Å². The van der Waals surface area contributed by atoms with Crippen LogP contribution in [0.1, 0.15) is 85.9 Å². The van der Waals surface area contributed by atoms with Crippen LogP contribution in [0.4, 0.5) is 0 Å². The van der Waals surface area contributed by atoms with Crippen molar-refractivity contribution >= 4 is 11.8 Å². The summed E-state index contributed by atoms with van der Waals surface area (Å²) in [4.78, 5) is 25.4. The van der Waals surface area contributed by atoms with Gasteiger partial charge in [0.05, 0.1) is 0 Å². The number of carbonyl (C=O) groups is 2. The quantitative estimate of drug-likeness (QED) is 0.711. The number of amides is 2. The van der Waals surface area contributed by atoms with Crippen molar-refractivity contribution in [3.8, 4) is 0 Å². The van der Waals surface area contributed by atoms with Crippen LogP contribution in [0, 0.1) is 35.5 Å². The fraction of sp³-hybridized carbons (Fsp3) is 0.692. The highest BCUT2D eigenvalue weighted by Gasteiger charge is 2.43. The monoisotopic (exact) mass is 408 g/mol. The Morgan fingerprint density at radius 2 is 1.10 bits per heavy atom. The van der Waals surface area contributed by atoms with Crippen LogP contribution < -0.4 is 10.6 Å². The van der Waals surface area contributed by atoms with Crippen molar-refractivity contribution in [3.63, 3.8) is 0 Å². The first kappa shape index (κ1) is 20.1. The Morgan fingerprint density at radius 1 is 0.700 bits per heavy atom. The molecule has 4 heteroatoms. The molecule has 30 heavy (non-hydrogen) atoms. The van der Waals surface area contributed by atoms with Gasteiger partial charge in [0.15, 0.2) is 0 Å². The minimum absolute atomic E-state index is 0.0208. The van der Waals surface area contributed by atoms with Gasteiger partial charge in [0.25, 0.3) is 11.8 Å². The standard InChI is InChI=1S/C26H36N2O2/c1-15(23-13-17-3-5-21(23)11-17)27-25(29)19-7-9-20(10-8-19)26(30)28-16(2)24-14-18-4-6-22(24)12-18/h7-10,15-18,21-24H,3-6,11-14H2,1-2H3,(H,27,29)(H,28,30). The largest absolute Gasteiger partial charge is 0.349 e. The molecule has 8 unspecified atom stereocenters. The number of hydrogen-bond donors (Lipinski definition) is 2. The van der Waals surface area contributed by atoms with Gasteiger partial charge < -0.3 is 10.6 Å². The zero-order valence-electron chi connectivity index (χ0n) is 18.4. The molecule has 2 N–H and O–H groups in total. The predicted octanol–water partition coefficient (Wildman–Crippen LogP) is 4.80. The van der Waals surface area contributed by atoms with Crippen LogP contribution in [-0.4, -0.2) is 23.9 Å². The summed E-state index contributed by atoms with van der Waals surface area (Å²) in [6.07, 6.45) is 10.7. The molecule has 4 saturated carbocycles. The van der Waals surface area contributed by atoms with Crippen LogP contribution in [0.15, 0.2) is 24.3 Å². The van der Waals surface area contributed by atoms with Gasteiger partial charge in [-0.05, 0) is 112 Å². The molecule has 4 aliphatic carbocycles. The molecule has 0 spiro atoms. The molecule has 4 bridgehead atoms. The molecule has 1 aromatic carbocycles. The van der Waals surface area contributed by atoms with Crippen LogP contribution in [0.2, 0.25) is 0 Å². The lowest BCUT2D eigenvalue weighted by molar-refractivity contribution is 0.0903. The number of carbonyl (C=O) groups excluding carboxylic acids is 2. The minimum Gasteiger partial charge on any atom is -0.349 e. The minimum atomic E-state index is -0.0208. The number of fused-ring (bicyclic) bond motifs is 4. The highest BCUT2D eigenvalue weighted by molar-refractivity contribution is 5.98. The second kappa shape index (κ2) is 8.01. The zero-order valence-corrected chi connectivity index (χ0v) is 18.4. The molecule has 1 aromatic rings. The maximum atomic E-state index is 12.7. The average Bonchev–Trinajstić information content (AvgIpc) is 3.55. The van der Waals surface area contributed by atoms with Crippen LogP contribution in [0.3, 0.4) is 0 Å². The Labute approximate surface area is 180 Å². The van der Waals surface area contributed by atoms with Crippen molar-refractivity contribution in [2.45, 2.75) is 77.3 Å². The smallest absolute Gasteiger partial charge is 0.251 e. The predicted molar refractivity (Wildman–Crippen MR) is 118 cm³/mol. The Hall–Kier alpha value is -1.84. The number of benzene rings is 1. The third-order valence-electron chi connectivity index (χ3n) is 9.00. The summed E-state index contributed by atoms with van der Waals surface area (Å²) in [6.45, 7) is 4.31. The average molecular weight is 409 g/mol. The maximum absolute atomic E-state index is 12.7. The van der Waals surface area contributed by atoms with Crippen molar-refractivity contribution < 1.29 is 9.59 Å². The Morgan fingerprint density at radius 3 is 1.40 bits per heavy atom. The van der Waals surface area contributed by atoms with E-state index in [0.717, 1.165) is 23.7 Å². The van der Waals surface area contributed by atoms with Crippen LogP contribution in [-0.2, 0) is 0 Å². The zero-order chi connectivity index (χ0) is 20.8. The van der Waals surface area contributed by atoms with Crippen LogP contribution in [0.25, 0.3) is 0 Å². The van der Waals surface area contributed by atoms with E-state index in [4.69, 9.17) is 0 Å². The van der Waals surface area contributed by atoms with E-state index < -0.39 is 0 Å². The van der Waals surface area contributed by atoms with Crippen molar-refractivity contribution in [2.24, 2.45) is 35.5 Å². The molecule has 4 nitrogen and oxygen atoms in total. The van der Waals surface area contributed by atoms with E-state index >= 15 is 0 Å². The summed E-state index contributed by atoms with van der Waals surface area (Å²) in [6, 6.07) is 7.61. The number of rotatable bonds is 6. The van der Waals surface area contributed by atoms with E-state index in [0.29, 0.717) is 23.0 Å². The second-order valence-corrected chi connectivity index (χ2v) is 10.8. The van der Waals surface area contributed by atoms with E-state index in [1.165, 1.54) is 51.4 Å². The van der Waals surface area contributed by atoms with Gasteiger partial charge in [-0.2, -0.15) is 0 Å². The second-order valence-electron chi connectivity index (χ2n) is 10.8. The van der Waals surface area contributed by atoms with Gasteiger partial charge in [-0.15, -0.1) is 0 Å². The molecule has 162 valence electrons. The summed E-state index contributed by atoms with van der Waals surface area (Å²) in [5.41, 5.74) is 1.28. The summed E-state index contributed by atoms with van der Waals surface area (Å²) >= 11 is 0. The molecule has 0 aromatic heterocycles. The lowest BCUT2D eigenvalue weighted by atomic mass is 9.84. The summed E-state index contributed by atoms with van der Waals surface area (Å²) in [5, 5.41) is 6.43. The molecular formula is C26H36N2O2. The van der Waals surface area contributed by atoms with Gasteiger partial charge in [0.2, 0.25) is 0 Å². The first-order chi connectivity index (χ1) is 14.5. The van der Waals surface area contributed by atoms with Gasteiger partial charge in [-0.25, -0.2) is 0 Å². The first-order valence-corrected chi connectivity index (χ1v) is 12.2. The lowest BCUT2D eigenvalue weighted by Crippen LogP contribution is -2.40. The van der Waals surface area contributed by atoms with E-state index in [1.54, 1.807) is 24.3 Å². The van der Waals surface area contributed by atoms with Gasteiger partial charge in [0.1, 0.15) is 0 Å². The third-order valence-corrected chi connectivity index (χ3v) is 9.00.